The van der Waals surface area contributed by atoms with Crippen LogP contribution in [0.4, 0.5) is 14.5 Å². The summed E-state index contributed by atoms with van der Waals surface area (Å²) in [4.78, 5) is 25.7. The largest absolute Gasteiger partial charge is 0.457 e. The number of halogens is 2. The van der Waals surface area contributed by atoms with Gasteiger partial charge in [-0.2, -0.15) is 8.78 Å². The van der Waals surface area contributed by atoms with Gasteiger partial charge >= 0.3 is 5.97 Å². The quantitative estimate of drug-likeness (QED) is 0.345. The lowest BCUT2D eigenvalue weighted by Gasteiger charge is -2.08. The number of carbonyl (C=O) groups is 1. The molecule has 1 aromatic heterocycles. The van der Waals surface area contributed by atoms with Crippen LogP contribution in [-0.2, 0) is 11.3 Å². The van der Waals surface area contributed by atoms with Gasteiger partial charge < -0.3 is 4.74 Å². The molecule has 0 radical (unpaired) electrons. The fraction of sp³-hybridized carbons (Fsp3) is 0.143. The van der Waals surface area contributed by atoms with Crippen molar-refractivity contribution in [3.05, 3.63) is 63.8 Å². The normalized spacial score (nSPS) is 10.6. The van der Waals surface area contributed by atoms with E-state index in [0.29, 0.717) is 5.56 Å². The van der Waals surface area contributed by atoms with Gasteiger partial charge in [-0.1, -0.05) is 0 Å². The molecule has 0 unspecified atom stereocenters. The number of esters is 1. The highest BCUT2D eigenvalue weighted by molar-refractivity contribution is 7.99. The van der Waals surface area contributed by atoms with E-state index in [2.05, 4.69) is 4.98 Å². The summed E-state index contributed by atoms with van der Waals surface area (Å²) in [6.45, 7) is -0.134. The van der Waals surface area contributed by atoms with Gasteiger partial charge in [0.2, 0.25) is 0 Å². The van der Waals surface area contributed by atoms with Crippen LogP contribution >= 0.6 is 11.8 Å². The van der Waals surface area contributed by atoms with Crippen molar-refractivity contribution in [1.82, 2.24) is 4.98 Å². The number of carbonyl (C=O) groups excluding carboxylic acids is 1. The predicted molar refractivity (Wildman–Crippen MR) is 78.3 cm³/mol. The minimum absolute atomic E-state index is 0.0558. The maximum atomic E-state index is 12.4. The van der Waals surface area contributed by atoms with Crippen molar-refractivity contribution < 1.29 is 23.2 Å². The monoisotopic (exact) mass is 340 g/mol. The minimum atomic E-state index is -2.70. The van der Waals surface area contributed by atoms with Gasteiger partial charge in [0, 0.05) is 18.3 Å². The molecule has 0 aliphatic rings. The van der Waals surface area contributed by atoms with Crippen molar-refractivity contribution >= 4 is 23.4 Å². The predicted octanol–water partition coefficient (Wildman–Crippen LogP) is 3.66. The molecule has 0 bridgehead atoms. The average molecular weight is 340 g/mol. The van der Waals surface area contributed by atoms with E-state index in [1.807, 2.05) is 0 Å². The van der Waals surface area contributed by atoms with Gasteiger partial charge in [-0.05, 0) is 41.6 Å². The Morgan fingerprint density at radius 1 is 1.30 bits per heavy atom. The van der Waals surface area contributed by atoms with Gasteiger partial charge in [-0.25, -0.2) is 9.78 Å². The molecule has 2 aromatic rings. The Morgan fingerprint density at radius 3 is 2.61 bits per heavy atom. The van der Waals surface area contributed by atoms with Crippen LogP contribution in [0.3, 0.4) is 0 Å². The maximum absolute atomic E-state index is 12.4. The number of nitro groups is 1. The number of pyridine rings is 1. The molecule has 0 aliphatic carbocycles. The third kappa shape index (κ3) is 4.71. The second-order valence-electron chi connectivity index (χ2n) is 4.23. The molecule has 0 amide bonds. The number of benzene rings is 1. The third-order valence-corrected chi connectivity index (χ3v) is 3.44. The second-order valence-corrected chi connectivity index (χ2v) is 5.21. The van der Waals surface area contributed by atoms with E-state index in [0.717, 1.165) is 0 Å². The summed E-state index contributed by atoms with van der Waals surface area (Å²) in [5, 5.41) is 10.4. The van der Waals surface area contributed by atoms with Crippen molar-refractivity contribution in [3.63, 3.8) is 0 Å². The lowest BCUT2D eigenvalue weighted by molar-refractivity contribution is -0.384. The molecule has 0 fully saturated rings. The second kappa shape index (κ2) is 7.63. The first-order chi connectivity index (χ1) is 11.0. The summed E-state index contributed by atoms with van der Waals surface area (Å²) >= 11 is 0.160. The average Bonchev–Trinajstić information content (AvgIpc) is 2.53. The van der Waals surface area contributed by atoms with Gasteiger partial charge in [0.1, 0.15) is 11.6 Å². The summed E-state index contributed by atoms with van der Waals surface area (Å²) in [7, 11) is 0. The summed E-state index contributed by atoms with van der Waals surface area (Å²) in [5.41, 5.74) is 0.401. The van der Waals surface area contributed by atoms with Crippen LogP contribution in [0.25, 0.3) is 0 Å². The third-order valence-electron chi connectivity index (χ3n) is 2.71. The molecular weight excluding hydrogens is 330 g/mol. The number of nitro benzene ring substituents is 1. The molecule has 0 aliphatic heterocycles. The fourth-order valence-corrected chi connectivity index (χ4v) is 2.23. The van der Waals surface area contributed by atoms with E-state index < -0.39 is 16.7 Å². The Bertz CT molecular complexity index is 710. The molecule has 1 heterocycles. The van der Waals surface area contributed by atoms with E-state index >= 15 is 0 Å². The van der Waals surface area contributed by atoms with Gasteiger partial charge in [-0.3, -0.25) is 10.1 Å². The summed E-state index contributed by atoms with van der Waals surface area (Å²) in [5.74, 6) is -3.49. The number of hydrogen-bond donors (Lipinski definition) is 0. The topological polar surface area (TPSA) is 82.3 Å². The SMILES string of the molecule is O=C(OCc1ccc([N+](=O)[O-])cc1)c1cccnc1SC(F)F. The Hall–Kier alpha value is -2.55. The molecule has 9 heteroatoms. The fourth-order valence-electron chi connectivity index (χ4n) is 1.66. The van der Waals surface area contributed by atoms with Crippen molar-refractivity contribution in [2.75, 3.05) is 0 Å². The summed E-state index contributed by atoms with van der Waals surface area (Å²) in [6, 6.07) is 8.25. The van der Waals surface area contributed by atoms with E-state index in [9.17, 15) is 23.7 Å². The van der Waals surface area contributed by atoms with Crippen LogP contribution in [0, 0.1) is 10.1 Å². The van der Waals surface area contributed by atoms with Gasteiger partial charge in [0.05, 0.1) is 10.5 Å². The molecule has 0 saturated carbocycles. The van der Waals surface area contributed by atoms with E-state index in [-0.39, 0.29) is 34.6 Å². The zero-order valence-electron chi connectivity index (χ0n) is 11.5. The molecule has 120 valence electrons. The van der Waals surface area contributed by atoms with Gasteiger partial charge in [0.25, 0.3) is 11.4 Å². The number of alkyl halides is 2. The van der Waals surface area contributed by atoms with Crippen LogP contribution in [0.15, 0.2) is 47.6 Å². The molecule has 1 aromatic carbocycles. The molecular formula is C14H10F2N2O4S. The lowest BCUT2D eigenvalue weighted by Crippen LogP contribution is -2.08. The lowest BCUT2D eigenvalue weighted by atomic mass is 10.2. The highest BCUT2D eigenvalue weighted by Crippen LogP contribution is 2.26. The Balaban J connectivity index is 2.03. The highest BCUT2D eigenvalue weighted by atomic mass is 32.2. The zero-order valence-corrected chi connectivity index (χ0v) is 12.3. The van der Waals surface area contributed by atoms with Gasteiger partial charge in [0.15, 0.2) is 0 Å². The molecule has 0 atom stereocenters. The summed E-state index contributed by atoms with van der Waals surface area (Å²) < 4.78 is 29.9. The number of aromatic nitrogens is 1. The number of hydrogen-bond acceptors (Lipinski definition) is 6. The molecule has 6 nitrogen and oxygen atoms in total. The maximum Gasteiger partial charge on any atom is 0.341 e. The van der Waals surface area contributed by atoms with Crippen LogP contribution in [0.1, 0.15) is 15.9 Å². The van der Waals surface area contributed by atoms with Crippen LogP contribution in [-0.4, -0.2) is 21.6 Å². The van der Waals surface area contributed by atoms with E-state index in [1.54, 1.807) is 0 Å². The summed E-state index contributed by atoms with van der Waals surface area (Å²) in [6.07, 6.45) is 1.30. The van der Waals surface area contributed by atoms with E-state index in [1.165, 1.54) is 42.6 Å². The first kappa shape index (κ1) is 16.8. The van der Waals surface area contributed by atoms with Gasteiger partial charge in [-0.15, -0.1) is 0 Å². The molecule has 0 saturated heterocycles. The zero-order chi connectivity index (χ0) is 16.8. The first-order valence-electron chi connectivity index (χ1n) is 6.27. The molecule has 0 N–H and O–H groups in total. The standard InChI is InChI=1S/C14H10F2N2O4S/c15-14(16)23-12-11(2-1-7-17-12)13(19)22-8-9-3-5-10(6-4-9)18(20)21/h1-7,14H,8H2. The molecule has 2 rings (SSSR count). The number of thioether (sulfide) groups is 1. The van der Waals surface area contributed by atoms with Crippen molar-refractivity contribution in [2.24, 2.45) is 0 Å². The molecule has 0 spiro atoms. The first-order valence-corrected chi connectivity index (χ1v) is 7.15. The Kier molecular flexibility index (Phi) is 5.58. The number of rotatable bonds is 6. The number of ether oxygens (including phenoxy) is 1. The Labute approximate surface area is 133 Å². The smallest absolute Gasteiger partial charge is 0.341 e. The number of non-ortho nitro benzene ring substituents is 1. The Morgan fingerprint density at radius 2 is 2.00 bits per heavy atom. The van der Waals surface area contributed by atoms with Crippen LogP contribution in [0.2, 0.25) is 0 Å². The van der Waals surface area contributed by atoms with Crippen LogP contribution < -0.4 is 0 Å². The van der Waals surface area contributed by atoms with Crippen molar-refractivity contribution in [2.45, 2.75) is 17.4 Å². The highest BCUT2D eigenvalue weighted by Gasteiger charge is 2.18. The number of nitrogens with zero attached hydrogens (tertiary/aromatic N) is 2. The van der Waals surface area contributed by atoms with E-state index in [4.69, 9.17) is 4.74 Å². The minimum Gasteiger partial charge on any atom is -0.457 e. The van der Waals surface area contributed by atoms with Crippen LogP contribution in [0.5, 0.6) is 0 Å². The van der Waals surface area contributed by atoms with Crippen molar-refractivity contribution in [1.29, 1.82) is 0 Å². The molecule has 23 heavy (non-hydrogen) atoms. The van der Waals surface area contributed by atoms with Crippen molar-refractivity contribution in [3.8, 4) is 0 Å².